The molecule has 3 aliphatic rings. The molecule has 2 heterocycles. The minimum atomic E-state index is -0.876. The van der Waals surface area contributed by atoms with Crippen molar-refractivity contribution in [2.75, 3.05) is 31.1 Å². The Morgan fingerprint density at radius 3 is 2.38 bits per heavy atom. The molecule has 2 aromatic carbocycles. The van der Waals surface area contributed by atoms with E-state index in [4.69, 9.17) is 0 Å². The first-order chi connectivity index (χ1) is 13.9. The van der Waals surface area contributed by atoms with Crippen LogP contribution in [0.15, 0.2) is 36.4 Å². The second-order valence-electron chi connectivity index (χ2n) is 8.70. The summed E-state index contributed by atoms with van der Waals surface area (Å²) in [7, 11) is 0. The van der Waals surface area contributed by atoms with Crippen LogP contribution in [-0.2, 0) is 5.41 Å². The Kier molecular flexibility index (Phi) is 4.42. The highest BCUT2D eigenvalue weighted by molar-refractivity contribution is 6.08. The molecule has 1 saturated carbocycles. The fourth-order valence-corrected chi connectivity index (χ4v) is 4.89. The highest BCUT2D eigenvalue weighted by Gasteiger charge is 2.47. The lowest BCUT2D eigenvalue weighted by Gasteiger charge is -2.40. The maximum absolute atomic E-state index is 14.3. The average Bonchev–Trinajstić information content (AvgIpc) is 3.46. The van der Waals surface area contributed by atoms with Crippen molar-refractivity contribution in [2.45, 2.75) is 31.1 Å². The molecule has 6 heteroatoms. The van der Waals surface area contributed by atoms with Gasteiger partial charge in [0.15, 0.2) is 0 Å². The van der Waals surface area contributed by atoms with Gasteiger partial charge >= 0.3 is 0 Å². The molecule has 0 N–H and O–H groups in total. The molecule has 0 radical (unpaired) electrons. The van der Waals surface area contributed by atoms with E-state index in [0.29, 0.717) is 12.2 Å². The van der Waals surface area contributed by atoms with Crippen molar-refractivity contribution in [1.29, 1.82) is 0 Å². The standard InChI is InChI=1S/C23H23F3N2O/c24-16-4-6-21-19(11-16)23(7-9-27(10-8-23)13-15-1-2-15)14-28(21)22(29)18-5-3-17(25)12-20(18)26/h3-6,11-12,15H,1-2,7-10,13-14H2. The number of fused-ring (bicyclic) bond motifs is 2. The van der Waals surface area contributed by atoms with Crippen LogP contribution >= 0.6 is 0 Å². The van der Waals surface area contributed by atoms with Gasteiger partial charge in [-0.3, -0.25) is 4.79 Å². The summed E-state index contributed by atoms with van der Waals surface area (Å²) in [4.78, 5) is 17.1. The zero-order valence-electron chi connectivity index (χ0n) is 16.1. The van der Waals surface area contributed by atoms with Crippen molar-refractivity contribution in [1.82, 2.24) is 4.90 Å². The predicted octanol–water partition coefficient (Wildman–Crippen LogP) is 4.51. The SMILES string of the molecule is O=C(c1ccc(F)cc1F)N1CC2(CCN(CC3CC3)CC2)c2cc(F)ccc21. The van der Waals surface area contributed by atoms with E-state index in [1.807, 2.05) is 0 Å². The van der Waals surface area contributed by atoms with Crippen LogP contribution in [0.25, 0.3) is 0 Å². The van der Waals surface area contributed by atoms with Crippen molar-refractivity contribution in [2.24, 2.45) is 5.92 Å². The summed E-state index contributed by atoms with van der Waals surface area (Å²) in [6.07, 6.45) is 4.29. The number of carbonyl (C=O) groups is 1. The molecular formula is C23H23F3N2O. The molecule has 0 aromatic heterocycles. The number of hydrogen-bond acceptors (Lipinski definition) is 2. The molecule has 0 bridgehead atoms. The van der Waals surface area contributed by atoms with Crippen molar-refractivity contribution in [3.05, 3.63) is 65.0 Å². The lowest BCUT2D eigenvalue weighted by atomic mass is 9.74. The molecule has 0 atom stereocenters. The van der Waals surface area contributed by atoms with Crippen molar-refractivity contribution in [3.63, 3.8) is 0 Å². The van der Waals surface area contributed by atoms with Crippen LogP contribution in [0.2, 0.25) is 0 Å². The number of halogens is 3. The zero-order valence-corrected chi connectivity index (χ0v) is 16.1. The number of nitrogens with zero attached hydrogens (tertiary/aromatic N) is 2. The highest BCUT2D eigenvalue weighted by Crippen LogP contribution is 2.48. The van der Waals surface area contributed by atoms with E-state index in [1.165, 1.54) is 31.0 Å². The Labute approximate surface area is 168 Å². The summed E-state index contributed by atoms with van der Waals surface area (Å²) in [6.45, 7) is 3.35. The largest absolute Gasteiger partial charge is 0.307 e. The number of likely N-dealkylation sites (tertiary alicyclic amines) is 1. The first kappa shape index (κ1) is 18.7. The summed E-state index contributed by atoms with van der Waals surface area (Å²) in [5.41, 5.74) is 0.990. The van der Waals surface area contributed by atoms with Gasteiger partial charge in [-0.25, -0.2) is 13.2 Å². The Morgan fingerprint density at radius 2 is 1.69 bits per heavy atom. The Morgan fingerprint density at radius 1 is 1.00 bits per heavy atom. The van der Waals surface area contributed by atoms with Crippen LogP contribution in [0.1, 0.15) is 41.6 Å². The van der Waals surface area contributed by atoms with Gasteiger partial charge in [0.1, 0.15) is 17.5 Å². The summed E-state index contributed by atoms with van der Waals surface area (Å²) in [5.74, 6) is -1.61. The molecule has 1 saturated heterocycles. The topological polar surface area (TPSA) is 23.6 Å². The Balaban J connectivity index is 1.45. The predicted molar refractivity (Wildman–Crippen MR) is 105 cm³/mol. The number of amides is 1. The van der Waals surface area contributed by atoms with Gasteiger partial charge in [0, 0.05) is 30.3 Å². The average molecular weight is 400 g/mol. The van der Waals surface area contributed by atoms with Crippen LogP contribution < -0.4 is 4.90 Å². The third-order valence-electron chi connectivity index (χ3n) is 6.71. The van der Waals surface area contributed by atoms with Gasteiger partial charge in [-0.15, -0.1) is 0 Å². The fraction of sp³-hybridized carbons (Fsp3) is 0.435. The first-order valence-electron chi connectivity index (χ1n) is 10.2. The number of carbonyl (C=O) groups excluding carboxylic acids is 1. The summed E-state index contributed by atoms with van der Waals surface area (Å²) in [6, 6.07) is 7.46. The van der Waals surface area contributed by atoms with E-state index in [9.17, 15) is 18.0 Å². The fourth-order valence-electron chi connectivity index (χ4n) is 4.89. The van der Waals surface area contributed by atoms with Crippen LogP contribution in [0.4, 0.5) is 18.9 Å². The molecule has 2 aliphatic heterocycles. The molecule has 3 nitrogen and oxygen atoms in total. The molecule has 1 aliphatic carbocycles. The molecule has 2 fully saturated rings. The van der Waals surface area contributed by atoms with Gasteiger partial charge in [0.05, 0.1) is 5.56 Å². The number of piperidine rings is 1. The molecule has 29 heavy (non-hydrogen) atoms. The minimum absolute atomic E-state index is 0.162. The van der Waals surface area contributed by atoms with Gasteiger partial charge in [0.25, 0.3) is 5.91 Å². The third kappa shape index (κ3) is 3.33. The highest BCUT2D eigenvalue weighted by atomic mass is 19.1. The maximum atomic E-state index is 14.3. The van der Waals surface area contributed by atoms with Gasteiger partial charge in [-0.2, -0.15) is 0 Å². The Hall–Kier alpha value is -2.34. The van der Waals surface area contributed by atoms with Crippen LogP contribution in [-0.4, -0.2) is 37.0 Å². The van der Waals surface area contributed by atoms with E-state index >= 15 is 0 Å². The monoisotopic (exact) mass is 400 g/mol. The maximum Gasteiger partial charge on any atom is 0.261 e. The lowest BCUT2D eigenvalue weighted by Crippen LogP contribution is -2.46. The van der Waals surface area contributed by atoms with Crippen LogP contribution in [0, 0.1) is 23.4 Å². The summed E-state index contributed by atoms with van der Waals surface area (Å²) in [5, 5.41) is 0. The van der Waals surface area contributed by atoms with E-state index in [-0.39, 0.29) is 16.8 Å². The molecule has 152 valence electrons. The van der Waals surface area contributed by atoms with E-state index in [0.717, 1.165) is 56.1 Å². The molecule has 0 unspecified atom stereocenters. The zero-order chi connectivity index (χ0) is 20.2. The quantitative estimate of drug-likeness (QED) is 0.757. The van der Waals surface area contributed by atoms with Crippen molar-refractivity contribution < 1.29 is 18.0 Å². The van der Waals surface area contributed by atoms with E-state index < -0.39 is 17.5 Å². The second kappa shape index (κ2) is 6.87. The smallest absolute Gasteiger partial charge is 0.261 e. The molecule has 2 aromatic rings. The van der Waals surface area contributed by atoms with Gasteiger partial charge in [-0.05, 0) is 80.6 Å². The minimum Gasteiger partial charge on any atom is -0.307 e. The van der Waals surface area contributed by atoms with Crippen molar-refractivity contribution in [3.8, 4) is 0 Å². The normalized spacial score (nSPS) is 20.9. The van der Waals surface area contributed by atoms with E-state index in [1.54, 1.807) is 11.0 Å². The van der Waals surface area contributed by atoms with E-state index in [2.05, 4.69) is 4.90 Å². The molecule has 1 amide bonds. The van der Waals surface area contributed by atoms with Crippen LogP contribution in [0.5, 0.6) is 0 Å². The second-order valence-corrected chi connectivity index (χ2v) is 8.70. The third-order valence-corrected chi connectivity index (χ3v) is 6.71. The Bertz CT molecular complexity index is 965. The number of benzene rings is 2. The first-order valence-corrected chi connectivity index (χ1v) is 10.2. The number of anilines is 1. The number of hydrogen-bond donors (Lipinski definition) is 0. The molecule has 1 spiro atoms. The van der Waals surface area contributed by atoms with Gasteiger partial charge in [0.2, 0.25) is 0 Å². The molecule has 5 rings (SSSR count). The number of rotatable bonds is 3. The molecular weight excluding hydrogens is 377 g/mol. The summed E-state index contributed by atoms with van der Waals surface area (Å²) >= 11 is 0. The summed E-state index contributed by atoms with van der Waals surface area (Å²) < 4.78 is 41.6. The van der Waals surface area contributed by atoms with Gasteiger partial charge in [-0.1, -0.05) is 0 Å². The lowest BCUT2D eigenvalue weighted by molar-refractivity contribution is 0.0972. The van der Waals surface area contributed by atoms with Crippen LogP contribution in [0.3, 0.4) is 0 Å². The van der Waals surface area contributed by atoms with Crippen molar-refractivity contribution >= 4 is 11.6 Å². The van der Waals surface area contributed by atoms with Gasteiger partial charge < -0.3 is 9.80 Å².